The Kier molecular flexibility index (Phi) is 3.73. The van der Waals surface area contributed by atoms with Crippen LogP contribution in [0.1, 0.15) is 26.7 Å². The van der Waals surface area contributed by atoms with E-state index in [1.807, 2.05) is 6.92 Å². The van der Waals surface area contributed by atoms with Crippen LogP contribution >= 0.6 is 0 Å². The molecule has 0 saturated carbocycles. The summed E-state index contributed by atoms with van der Waals surface area (Å²) in [6, 6.07) is 5.49. The van der Waals surface area contributed by atoms with Gasteiger partial charge in [-0.3, -0.25) is 0 Å². The molecule has 0 aromatic heterocycles. The first-order valence-corrected chi connectivity index (χ1v) is 7.63. The molecule has 0 amide bonds. The van der Waals surface area contributed by atoms with Gasteiger partial charge >= 0.3 is 0 Å². The van der Waals surface area contributed by atoms with E-state index in [-0.39, 0.29) is 10.9 Å². The second-order valence-corrected chi connectivity index (χ2v) is 6.88. The monoisotopic (exact) mass is 271 g/mol. The topological polar surface area (TPSA) is 37.4 Å². The number of hydrogen-bond acceptors (Lipinski definition) is 2. The fourth-order valence-electron chi connectivity index (χ4n) is 2.52. The van der Waals surface area contributed by atoms with Crippen LogP contribution in [-0.4, -0.2) is 25.3 Å². The van der Waals surface area contributed by atoms with E-state index in [2.05, 4.69) is 6.92 Å². The van der Waals surface area contributed by atoms with Crippen LogP contribution in [0.3, 0.4) is 0 Å². The number of nitrogens with zero attached hydrogens (tertiary/aromatic N) is 1. The van der Waals surface area contributed by atoms with Gasteiger partial charge in [-0.1, -0.05) is 19.1 Å². The molecule has 3 nitrogen and oxygen atoms in total. The first-order chi connectivity index (χ1) is 8.43. The van der Waals surface area contributed by atoms with Crippen molar-refractivity contribution in [1.82, 2.24) is 4.31 Å². The van der Waals surface area contributed by atoms with E-state index < -0.39 is 15.8 Å². The fraction of sp³-hybridized carbons (Fsp3) is 0.538. The van der Waals surface area contributed by atoms with Crippen LogP contribution in [-0.2, 0) is 10.0 Å². The summed E-state index contributed by atoms with van der Waals surface area (Å²) in [6.45, 7) is 4.47. The zero-order chi connectivity index (χ0) is 13.3. The predicted octanol–water partition coefficient (Wildman–Crippen LogP) is 2.63. The SMILES string of the molecule is CC1CCN(S(=O)(=O)c2ccccc2F)C(C)C1. The maximum absolute atomic E-state index is 13.6. The normalized spacial score (nSPS) is 26.2. The quantitative estimate of drug-likeness (QED) is 0.829. The van der Waals surface area contributed by atoms with Gasteiger partial charge in [-0.25, -0.2) is 12.8 Å². The summed E-state index contributed by atoms with van der Waals surface area (Å²) in [6.07, 6.45) is 1.66. The molecule has 1 heterocycles. The Balaban J connectivity index is 2.35. The molecule has 2 rings (SSSR count). The van der Waals surface area contributed by atoms with Gasteiger partial charge in [0.15, 0.2) is 0 Å². The molecule has 100 valence electrons. The lowest BCUT2D eigenvalue weighted by Crippen LogP contribution is -2.44. The van der Waals surface area contributed by atoms with Crippen molar-refractivity contribution in [3.05, 3.63) is 30.1 Å². The highest BCUT2D eigenvalue weighted by Crippen LogP contribution is 2.28. The molecule has 1 aliphatic rings. The van der Waals surface area contributed by atoms with Crippen LogP contribution in [0, 0.1) is 11.7 Å². The van der Waals surface area contributed by atoms with Gasteiger partial charge in [0.2, 0.25) is 10.0 Å². The molecule has 1 aliphatic heterocycles. The standard InChI is InChI=1S/C13H18FNO2S/c1-10-7-8-15(11(2)9-10)18(16,17)13-6-4-3-5-12(13)14/h3-6,10-11H,7-9H2,1-2H3. The molecule has 18 heavy (non-hydrogen) atoms. The molecule has 1 aromatic carbocycles. The fourth-order valence-corrected chi connectivity index (χ4v) is 4.25. The number of benzene rings is 1. The van der Waals surface area contributed by atoms with E-state index in [0.29, 0.717) is 12.5 Å². The summed E-state index contributed by atoms with van der Waals surface area (Å²) in [5, 5.41) is 0. The minimum absolute atomic E-state index is 0.0710. The van der Waals surface area contributed by atoms with Gasteiger partial charge in [0.1, 0.15) is 10.7 Å². The van der Waals surface area contributed by atoms with E-state index in [1.165, 1.54) is 22.5 Å². The molecule has 0 aliphatic carbocycles. The third-order valence-electron chi connectivity index (χ3n) is 3.50. The highest BCUT2D eigenvalue weighted by molar-refractivity contribution is 7.89. The number of hydrogen-bond donors (Lipinski definition) is 0. The molecule has 1 aromatic rings. The van der Waals surface area contributed by atoms with Gasteiger partial charge in [-0.2, -0.15) is 4.31 Å². The van der Waals surface area contributed by atoms with Crippen molar-refractivity contribution in [3.63, 3.8) is 0 Å². The molecule has 0 bridgehead atoms. The predicted molar refractivity (Wildman–Crippen MR) is 68.2 cm³/mol. The Morgan fingerprint density at radius 2 is 1.94 bits per heavy atom. The van der Waals surface area contributed by atoms with E-state index in [9.17, 15) is 12.8 Å². The Hall–Kier alpha value is -0.940. The van der Waals surface area contributed by atoms with Crippen molar-refractivity contribution in [3.8, 4) is 0 Å². The van der Waals surface area contributed by atoms with E-state index in [0.717, 1.165) is 12.8 Å². The summed E-state index contributed by atoms with van der Waals surface area (Å²) in [4.78, 5) is -0.216. The Bertz CT molecular complexity index is 530. The van der Waals surface area contributed by atoms with E-state index >= 15 is 0 Å². The van der Waals surface area contributed by atoms with E-state index in [1.54, 1.807) is 6.07 Å². The van der Waals surface area contributed by atoms with Gasteiger partial charge in [0.05, 0.1) is 0 Å². The molecule has 0 N–H and O–H groups in total. The minimum atomic E-state index is -3.71. The van der Waals surface area contributed by atoms with Crippen molar-refractivity contribution < 1.29 is 12.8 Å². The summed E-state index contributed by atoms with van der Waals surface area (Å²) < 4.78 is 39.9. The van der Waals surface area contributed by atoms with Crippen LogP contribution in [0.15, 0.2) is 29.2 Å². The largest absolute Gasteiger partial charge is 0.246 e. The molecule has 5 heteroatoms. The third-order valence-corrected chi connectivity index (χ3v) is 5.55. The van der Waals surface area contributed by atoms with Crippen molar-refractivity contribution in [2.45, 2.75) is 37.6 Å². The maximum Gasteiger partial charge on any atom is 0.246 e. The minimum Gasteiger partial charge on any atom is -0.207 e. The number of sulfonamides is 1. The second kappa shape index (κ2) is 4.97. The van der Waals surface area contributed by atoms with Crippen LogP contribution in [0.5, 0.6) is 0 Å². The molecule has 1 saturated heterocycles. The Morgan fingerprint density at radius 1 is 1.28 bits per heavy atom. The zero-order valence-corrected chi connectivity index (χ0v) is 11.5. The van der Waals surface area contributed by atoms with E-state index in [4.69, 9.17) is 0 Å². The van der Waals surface area contributed by atoms with Gasteiger partial charge < -0.3 is 0 Å². The average Bonchev–Trinajstić information content (AvgIpc) is 2.28. The molecule has 0 radical (unpaired) electrons. The number of rotatable bonds is 2. The number of halogens is 1. The van der Waals surface area contributed by atoms with Crippen molar-refractivity contribution in [1.29, 1.82) is 0 Å². The van der Waals surface area contributed by atoms with Crippen molar-refractivity contribution in [2.24, 2.45) is 5.92 Å². The van der Waals surface area contributed by atoms with Crippen molar-refractivity contribution >= 4 is 10.0 Å². The molecule has 1 fully saturated rings. The van der Waals surface area contributed by atoms with Crippen LogP contribution in [0.25, 0.3) is 0 Å². The molecule has 2 atom stereocenters. The summed E-state index contributed by atoms with van der Waals surface area (Å²) >= 11 is 0. The Morgan fingerprint density at radius 3 is 2.56 bits per heavy atom. The summed E-state index contributed by atoms with van der Waals surface area (Å²) in [5.74, 6) is -0.157. The third kappa shape index (κ3) is 2.42. The Labute approximate surface area is 108 Å². The maximum atomic E-state index is 13.6. The highest BCUT2D eigenvalue weighted by Gasteiger charge is 2.34. The van der Waals surface area contributed by atoms with Gasteiger partial charge in [-0.05, 0) is 37.8 Å². The first kappa shape index (κ1) is 13.5. The van der Waals surface area contributed by atoms with Crippen LogP contribution < -0.4 is 0 Å². The lowest BCUT2D eigenvalue weighted by Gasteiger charge is -2.35. The second-order valence-electron chi connectivity index (χ2n) is 5.02. The highest BCUT2D eigenvalue weighted by atomic mass is 32.2. The smallest absolute Gasteiger partial charge is 0.207 e. The van der Waals surface area contributed by atoms with Gasteiger partial charge in [-0.15, -0.1) is 0 Å². The van der Waals surface area contributed by atoms with Gasteiger partial charge in [0.25, 0.3) is 0 Å². The first-order valence-electron chi connectivity index (χ1n) is 6.19. The summed E-state index contributed by atoms with van der Waals surface area (Å²) in [7, 11) is -3.71. The van der Waals surface area contributed by atoms with Crippen LogP contribution in [0.2, 0.25) is 0 Å². The van der Waals surface area contributed by atoms with Crippen molar-refractivity contribution in [2.75, 3.05) is 6.54 Å². The lowest BCUT2D eigenvalue weighted by atomic mass is 9.95. The number of piperidine rings is 1. The lowest BCUT2D eigenvalue weighted by molar-refractivity contribution is 0.219. The molecular weight excluding hydrogens is 253 g/mol. The molecule has 0 spiro atoms. The van der Waals surface area contributed by atoms with Gasteiger partial charge in [0, 0.05) is 12.6 Å². The molecular formula is C13H18FNO2S. The zero-order valence-electron chi connectivity index (χ0n) is 10.6. The average molecular weight is 271 g/mol. The molecule has 2 unspecified atom stereocenters. The summed E-state index contributed by atoms with van der Waals surface area (Å²) in [5.41, 5.74) is 0. The van der Waals surface area contributed by atoms with Crippen LogP contribution in [0.4, 0.5) is 4.39 Å².